The van der Waals surface area contributed by atoms with E-state index < -0.39 is 0 Å². The van der Waals surface area contributed by atoms with Crippen LogP contribution in [0.15, 0.2) is 23.1 Å². The maximum absolute atomic E-state index is 6.31. The monoisotopic (exact) mass is 285 g/mol. The van der Waals surface area contributed by atoms with E-state index in [0.29, 0.717) is 0 Å². The zero-order chi connectivity index (χ0) is 13.4. The van der Waals surface area contributed by atoms with Gasteiger partial charge in [-0.2, -0.15) is 0 Å². The van der Waals surface area contributed by atoms with Crippen molar-refractivity contribution in [2.45, 2.75) is 45.1 Å². The molecule has 1 rings (SSSR count). The molecule has 18 heavy (non-hydrogen) atoms. The smallest absolute Gasteiger partial charge is 0.0545 e. The highest BCUT2D eigenvalue weighted by Gasteiger charge is 2.03. The molecule has 0 amide bonds. The molecule has 0 heterocycles. The van der Waals surface area contributed by atoms with Crippen LogP contribution in [0.25, 0.3) is 0 Å². The number of hydrogen-bond acceptors (Lipinski definition) is 2. The van der Waals surface area contributed by atoms with Crippen molar-refractivity contribution in [1.82, 2.24) is 5.32 Å². The van der Waals surface area contributed by atoms with Gasteiger partial charge >= 0.3 is 0 Å². The van der Waals surface area contributed by atoms with Crippen LogP contribution in [0.2, 0.25) is 5.02 Å². The molecule has 0 spiro atoms. The first-order valence-electron chi connectivity index (χ1n) is 6.75. The van der Waals surface area contributed by atoms with Crippen LogP contribution in [0.1, 0.15) is 39.2 Å². The average molecular weight is 286 g/mol. The summed E-state index contributed by atoms with van der Waals surface area (Å²) in [4.78, 5) is 1.21. The van der Waals surface area contributed by atoms with Crippen LogP contribution >= 0.6 is 23.4 Å². The fraction of sp³-hybridized carbons (Fsp3) is 0.600. The zero-order valence-electron chi connectivity index (χ0n) is 11.6. The van der Waals surface area contributed by atoms with Gasteiger partial charge in [0.2, 0.25) is 0 Å². The molecule has 0 aliphatic heterocycles. The summed E-state index contributed by atoms with van der Waals surface area (Å²) in [5.41, 5.74) is 1.27. The molecule has 0 aliphatic rings. The largest absolute Gasteiger partial charge is 0.313 e. The standard InChI is InChI=1S/C15H24ClNS/c1-4-8-17-11-13-5-6-15(14(16)10-13)18-9-7-12(2)3/h5-6,10,12,17H,4,7-9,11H2,1-3H3. The number of benzene rings is 1. The lowest BCUT2D eigenvalue weighted by Gasteiger charge is -2.09. The summed E-state index contributed by atoms with van der Waals surface area (Å²) in [6.07, 6.45) is 2.40. The molecule has 1 N–H and O–H groups in total. The Balaban J connectivity index is 2.46. The number of hydrogen-bond donors (Lipinski definition) is 1. The quantitative estimate of drug-likeness (QED) is 0.534. The maximum atomic E-state index is 6.31. The van der Waals surface area contributed by atoms with Gasteiger partial charge in [0, 0.05) is 11.4 Å². The number of halogens is 1. The van der Waals surface area contributed by atoms with Crippen LogP contribution in [0, 0.1) is 5.92 Å². The van der Waals surface area contributed by atoms with Crippen molar-refractivity contribution in [3.05, 3.63) is 28.8 Å². The van der Waals surface area contributed by atoms with E-state index >= 15 is 0 Å². The van der Waals surface area contributed by atoms with Gasteiger partial charge in [-0.05, 0) is 48.8 Å². The SMILES string of the molecule is CCCNCc1ccc(SCCC(C)C)c(Cl)c1. The van der Waals surface area contributed by atoms with Gasteiger partial charge in [0.15, 0.2) is 0 Å². The maximum Gasteiger partial charge on any atom is 0.0545 e. The lowest BCUT2D eigenvalue weighted by molar-refractivity contribution is 0.632. The molecule has 102 valence electrons. The van der Waals surface area contributed by atoms with Gasteiger partial charge in [0.05, 0.1) is 5.02 Å². The van der Waals surface area contributed by atoms with Crippen molar-refractivity contribution >= 4 is 23.4 Å². The molecule has 0 radical (unpaired) electrons. The number of nitrogens with one attached hydrogen (secondary N) is 1. The van der Waals surface area contributed by atoms with Crippen molar-refractivity contribution in [1.29, 1.82) is 0 Å². The highest BCUT2D eigenvalue weighted by molar-refractivity contribution is 7.99. The molecule has 1 aromatic carbocycles. The predicted molar refractivity (Wildman–Crippen MR) is 83.6 cm³/mol. The second kappa shape index (κ2) is 8.84. The lowest BCUT2D eigenvalue weighted by Crippen LogP contribution is -2.13. The Morgan fingerprint density at radius 2 is 2.11 bits per heavy atom. The van der Waals surface area contributed by atoms with Crippen LogP contribution in [-0.4, -0.2) is 12.3 Å². The van der Waals surface area contributed by atoms with Gasteiger partial charge in [0.25, 0.3) is 0 Å². The summed E-state index contributed by atoms with van der Waals surface area (Å²) in [5.74, 6) is 1.90. The zero-order valence-corrected chi connectivity index (χ0v) is 13.2. The third-order valence-electron chi connectivity index (χ3n) is 2.70. The highest BCUT2D eigenvalue weighted by atomic mass is 35.5. The van der Waals surface area contributed by atoms with E-state index in [0.717, 1.165) is 36.2 Å². The predicted octanol–water partition coefficient (Wildman–Crippen LogP) is 4.98. The van der Waals surface area contributed by atoms with Crippen molar-refractivity contribution < 1.29 is 0 Å². The Morgan fingerprint density at radius 1 is 1.33 bits per heavy atom. The Kier molecular flexibility index (Phi) is 7.80. The van der Waals surface area contributed by atoms with E-state index in [1.807, 2.05) is 11.8 Å². The van der Waals surface area contributed by atoms with Crippen LogP contribution in [-0.2, 0) is 6.54 Å². The minimum atomic E-state index is 0.758. The normalized spacial score (nSPS) is 11.2. The van der Waals surface area contributed by atoms with E-state index in [9.17, 15) is 0 Å². The number of thioether (sulfide) groups is 1. The van der Waals surface area contributed by atoms with Crippen molar-refractivity contribution in [3.8, 4) is 0 Å². The summed E-state index contributed by atoms with van der Waals surface area (Å²) in [6, 6.07) is 6.41. The first-order valence-corrected chi connectivity index (χ1v) is 8.11. The Morgan fingerprint density at radius 3 is 2.72 bits per heavy atom. The molecule has 0 saturated carbocycles. The van der Waals surface area contributed by atoms with E-state index in [-0.39, 0.29) is 0 Å². The summed E-state index contributed by atoms with van der Waals surface area (Å²) < 4.78 is 0. The van der Waals surface area contributed by atoms with Crippen molar-refractivity contribution in [2.24, 2.45) is 5.92 Å². The van der Waals surface area contributed by atoms with E-state index in [1.165, 1.54) is 16.9 Å². The fourth-order valence-electron chi connectivity index (χ4n) is 1.59. The van der Waals surface area contributed by atoms with Gasteiger partial charge in [-0.1, -0.05) is 38.4 Å². The molecule has 0 aromatic heterocycles. The molecule has 1 nitrogen and oxygen atoms in total. The second-order valence-electron chi connectivity index (χ2n) is 4.97. The molecule has 0 unspecified atom stereocenters. The van der Waals surface area contributed by atoms with Gasteiger partial charge in [-0.3, -0.25) is 0 Å². The molecule has 1 aromatic rings. The molecular formula is C15H24ClNS. The highest BCUT2D eigenvalue weighted by Crippen LogP contribution is 2.29. The van der Waals surface area contributed by atoms with Gasteiger partial charge in [-0.15, -0.1) is 11.8 Å². The topological polar surface area (TPSA) is 12.0 Å². The van der Waals surface area contributed by atoms with Crippen molar-refractivity contribution in [2.75, 3.05) is 12.3 Å². The Hall–Kier alpha value is -0.180. The van der Waals surface area contributed by atoms with E-state index in [4.69, 9.17) is 11.6 Å². The molecule has 0 atom stereocenters. The van der Waals surface area contributed by atoms with E-state index in [2.05, 4.69) is 44.3 Å². The lowest BCUT2D eigenvalue weighted by atomic mass is 10.2. The van der Waals surface area contributed by atoms with Crippen LogP contribution in [0.4, 0.5) is 0 Å². The third-order valence-corrected chi connectivity index (χ3v) is 4.24. The molecule has 0 bridgehead atoms. The van der Waals surface area contributed by atoms with E-state index in [1.54, 1.807) is 0 Å². The van der Waals surface area contributed by atoms with Gasteiger partial charge in [0.1, 0.15) is 0 Å². The Labute approximate surface area is 121 Å². The van der Waals surface area contributed by atoms with Gasteiger partial charge in [-0.25, -0.2) is 0 Å². The van der Waals surface area contributed by atoms with Crippen molar-refractivity contribution in [3.63, 3.8) is 0 Å². The van der Waals surface area contributed by atoms with Crippen LogP contribution in [0.3, 0.4) is 0 Å². The minimum absolute atomic E-state index is 0.758. The molecule has 3 heteroatoms. The average Bonchev–Trinajstić information content (AvgIpc) is 2.32. The summed E-state index contributed by atoms with van der Waals surface area (Å²) in [5, 5.41) is 4.28. The first kappa shape index (κ1) is 15.9. The molecular weight excluding hydrogens is 262 g/mol. The Bertz CT molecular complexity index is 352. The first-order chi connectivity index (χ1) is 8.63. The van der Waals surface area contributed by atoms with Crippen LogP contribution < -0.4 is 5.32 Å². The summed E-state index contributed by atoms with van der Waals surface area (Å²) >= 11 is 8.17. The summed E-state index contributed by atoms with van der Waals surface area (Å²) in [6.45, 7) is 8.65. The second-order valence-corrected chi connectivity index (χ2v) is 6.52. The molecule has 0 fully saturated rings. The summed E-state index contributed by atoms with van der Waals surface area (Å²) in [7, 11) is 0. The molecule has 0 aliphatic carbocycles. The number of rotatable bonds is 8. The third kappa shape index (κ3) is 6.12. The fourth-order valence-corrected chi connectivity index (χ4v) is 3.12. The molecule has 0 saturated heterocycles. The van der Waals surface area contributed by atoms with Crippen LogP contribution in [0.5, 0.6) is 0 Å². The van der Waals surface area contributed by atoms with Gasteiger partial charge < -0.3 is 5.32 Å². The minimum Gasteiger partial charge on any atom is -0.313 e.